The maximum absolute atomic E-state index is 12.1. The molecule has 1 aromatic rings. The molecule has 0 spiro atoms. The van der Waals surface area contributed by atoms with Crippen molar-refractivity contribution in [1.29, 1.82) is 0 Å². The van der Waals surface area contributed by atoms with Gasteiger partial charge in [0.2, 0.25) is 5.91 Å². The van der Waals surface area contributed by atoms with Crippen LogP contribution in [0.3, 0.4) is 0 Å². The Kier molecular flexibility index (Phi) is 4.22. The Morgan fingerprint density at radius 3 is 2.95 bits per heavy atom. The number of nitrogens with one attached hydrogen (secondary N) is 2. The minimum absolute atomic E-state index is 0.0530. The summed E-state index contributed by atoms with van der Waals surface area (Å²) in [6, 6.07) is 3.99. The zero-order chi connectivity index (χ0) is 15.0. The molecule has 2 unspecified atom stereocenters. The second-order valence-corrected chi connectivity index (χ2v) is 6.96. The quantitative estimate of drug-likeness (QED) is 0.874. The average Bonchev–Trinajstić information content (AvgIpc) is 2.99. The van der Waals surface area contributed by atoms with Gasteiger partial charge in [-0.15, -0.1) is 0 Å². The van der Waals surface area contributed by atoms with Crippen LogP contribution >= 0.6 is 15.9 Å². The molecule has 5 heteroatoms. The maximum Gasteiger partial charge on any atom is 0.246 e. The molecule has 2 aliphatic heterocycles. The molecule has 114 valence electrons. The third-order valence-corrected chi connectivity index (χ3v) is 4.95. The van der Waals surface area contributed by atoms with Crippen molar-refractivity contribution in [3.8, 4) is 0 Å². The number of rotatable bonds is 4. The van der Waals surface area contributed by atoms with E-state index in [2.05, 4.69) is 57.4 Å². The molecule has 4 nitrogen and oxygen atoms in total. The van der Waals surface area contributed by atoms with Gasteiger partial charge in [0, 0.05) is 28.8 Å². The molecule has 1 fully saturated rings. The van der Waals surface area contributed by atoms with Crippen molar-refractivity contribution >= 4 is 33.2 Å². The molecule has 0 aromatic heterocycles. The summed E-state index contributed by atoms with van der Waals surface area (Å²) in [6.45, 7) is 7.41. The molecular weight excluding hydrogens is 330 g/mol. The highest BCUT2D eigenvalue weighted by molar-refractivity contribution is 9.10. The monoisotopic (exact) mass is 351 g/mol. The first-order valence-electron chi connectivity index (χ1n) is 7.72. The summed E-state index contributed by atoms with van der Waals surface area (Å²) in [5, 5.41) is 6.32. The first-order valence-corrected chi connectivity index (χ1v) is 8.52. The molecule has 0 radical (unpaired) electrons. The molecule has 3 rings (SSSR count). The van der Waals surface area contributed by atoms with E-state index >= 15 is 0 Å². The molecule has 2 atom stereocenters. The van der Waals surface area contributed by atoms with Gasteiger partial charge in [-0.2, -0.15) is 0 Å². The number of carbonyl (C=O) groups excluding carboxylic acids is 1. The lowest BCUT2D eigenvalue weighted by Crippen LogP contribution is -2.28. The highest BCUT2D eigenvalue weighted by Crippen LogP contribution is 2.40. The van der Waals surface area contributed by atoms with Crippen molar-refractivity contribution in [3.05, 3.63) is 22.2 Å². The molecular formula is C16H22BrN3O. The van der Waals surface area contributed by atoms with Crippen LogP contribution in [0, 0.1) is 5.92 Å². The number of nitrogens with zero attached hydrogens (tertiary/aromatic N) is 1. The number of halogens is 1. The maximum atomic E-state index is 12.1. The largest absolute Gasteiger partial charge is 0.370 e. The standard InChI is InChI=1S/C16H22BrN3O/c1-3-5-18-15-11-7-12(17)14(8-13(11)19-16(15)21)20-6-4-10(2)9-20/h7-8,10,15,18H,3-6,9H2,1-2H3,(H,19,21). The molecule has 0 bridgehead atoms. The molecule has 21 heavy (non-hydrogen) atoms. The minimum atomic E-state index is -0.220. The predicted molar refractivity (Wildman–Crippen MR) is 89.8 cm³/mol. The fraction of sp³-hybridized carbons (Fsp3) is 0.562. The normalized spacial score (nSPS) is 24.3. The summed E-state index contributed by atoms with van der Waals surface area (Å²) in [4.78, 5) is 14.5. The van der Waals surface area contributed by atoms with E-state index in [1.54, 1.807) is 0 Å². The highest BCUT2D eigenvalue weighted by Gasteiger charge is 2.32. The molecule has 2 heterocycles. The number of anilines is 2. The van der Waals surface area contributed by atoms with Crippen LogP contribution in [0.25, 0.3) is 0 Å². The fourth-order valence-corrected chi connectivity index (χ4v) is 3.77. The second-order valence-electron chi connectivity index (χ2n) is 6.11. The van der Waals surface area contributed by atoms with Gasteiger partial charge in [0.05, 0.1) is 5.69 Å². The van der Waals surface area contributed by atoms with E-state index < -0.39 is 0 Å². The minimum Gasteiger partial charge on any atom is -0.370 e. The Morgan fingerprint density at radius 1 is 1.48 bits per heavy atom. The van der Waals surface area contributed by atoms with E-state index in [1.165, 1.54) is 12.1 Å². The van der Waals surface area contributed by atoms with Gasteiger partial charge in [0.15, 0.2) is 0 Å². The topological polar surface area (TPSA) is 44.4 Å². The smallest absolute Gasteiger partial charge is 0.246 e. The second kappa shape index (κ2) is 5.97. The Morgan fingerprint density at radius 2 is 2.29 bits per heavy atom. The van der Waals surface area contributed by atoms with Crippen LogP contribution in [0.5, 0.6) is 0 Å². The summed E-state index contributed by atoms with van der Waals surface area (Å²) in [7, 11) is 0. The van der Waals surface area contributed by atoms with Crippen LogP contribution in [0.1, 0.15) is 38.3 Å². The lowest BCUT2D eigenvalue weighted by Gasteiger charge is -2.21. The predicted octanol–water partition coefficient (Wildman–Crippen LogP) is 3.29. The van der Waals surface area contributed by atoms with Crippen LogP contribution in [-0.4, -0.2) is 25.5 Å². The molecule has 2 N–H and O–H groups in total. The third-order valence-electron chi connectivity index (χ3n) is 4.31. The van der Waals surface area contributed by atoms with Crippen LogP contribution in [-0.2, 0) is 4.79 Å². The van der Waals surface area contributed by atoms with Crippen LogP contribution in [0.4, 0.5) is 11.4 Å². The van der Waals surface area contributed by atoms with E-state index in [0.29, 0.717) is 0 Å². The van der Waals surface area contributed by atoms with Gasteiger partial charge in [-0.05, 0) is 53.4 Å². The van der Waals surface area contributed by atoms with Crippen molar-refractivity contribution in [2.45, 2.75) is 32.7 Å². The van der Waals surface area contributed by atoms with E-state index in [1.807, 2.05) is 0 Å². The van der Waals surface area contributed by atoms with Crippen molar-refractivity contribution in [2.24, 2.45) is 5.92 Å². The third kappa shape index (κ3) is 2.81. The average molecular weight is 352 g/mol. The molecule has 1 saturated heterocycles. The van der Waals surface area contributed by atoms with Gasteiger partial charge in [-0.3, -0.25) is 4.79 Å². The number of amides is 1. The van der Waals surface area contributed by atoms with Gasteiger partial charge in [-0.25, -0.2) is 0 Å². The summed E-state index contributed by atoms with van der Waals surface area (Å²) in [5.41, 5.74) is 3.19. The highest BCUT2D eigenvalue weighted by atomic mass is 79.9. The number of hydrogen-bond acceptors (Lipinski definition) is 3. The molecule has 1 aromatic carbocycles. The van der Waals surface area contributed by atoms with Crippen LogP contribution < -0.4 is 15.5 Å². The van der Waals surface area contributed by atoms with Crippen molar-refractivity contribution in [2.75, 3.05) is 29.9 Å². The first-order chi connectivity index (χ1) is 10.1. The van der Waals surface area contributed by atoms with Crippen molar-refractivity contribution in [3.63, 3.8) is 0 Å². The van der Waals surface area contributed by atoms with E-state index in [-0.39, 0.29) is 11.9 Å². The van der Waals surface area contributed by atoms with Gasteiger partial charge < -0.3 is 15.5 Å². The Labute approximate surface area is 134 Å². The fourth-order valence-electron chi connectivity index (χ4n) is 3.16. The SMILES string of the molecule is CCCNC1C(=O)Nc2cc(N3CCC(C)C3)c(Br)cc21. The van der Waals surface area contributed by atoms with Crippen molar-refractivity contribution < 1.29 is 4.79 Å². The first kappa shape index (κ1) is 14.9. The van der Waals surface area contributed by atoms with E-state index in [0.717, 1.165) is 47.7 Å². The van der Waals surface area contributed by atoms with Gasteiger partial charge in [-0.1, -0.05) is 13.8 Å². The molecule has 0 aliphatic carbocycles. The van der Waals surface area contributed by atoms with E-state index in [4.69, 9.17) is 0 Å². The Bertz CT molecular complexity index is 561. The molecule has 2 aliphatic rings. The number of carbonyl (C=O) groups is 1. The summed E-state index contributed by atoms with van der Waals surface area (Å²) >= 11 is 3.69. The number of hydrogen-bond donors (Lipinski definition) is 2. The van der Waals surface area contributed by atoms with Gasteiger partial charge >= 0.3 is 0 Å². The number of fused-ring (bicyclic) bond motifs is 1. The van der Waals surface area contributed by atoms with Crippen LogP contribution in [0.15, 0.2) is 16.6 Å². The Hall–Kier alpha value is -1.07. The Balaban J connectivity index is 1.89. The van der Waals surface area contributed by atoms with Gasteiger partial charge in [0.25, 0.3) is 0 Å². The zero-order valence-corrected chi connectivity index (χ0v) is 14.2. The lowest BCUT2D eigenvalue weighted by molar-refractivity contribution is -0.117. The number of benzene rings is 1. The zero-order valence-electron chi connectivity index (χ0n) is 12.6. The summed E-state index contributed by atoms with van der Waals surface area (Å²) in [5.74, 6) is 0.788. The summed E-state index contributed by atoms with van der Waals surface area (Å²) < 4.78 is 1.08. The molecule has 1 amide bonds. The van der Waals surface area contributed by atoms with Crippen molar-refractivity contribution in [1.82, 2.24) is 5.32 Å². The van der Waals surface area contributed by atoms with Crippen LogP contribution in [0.2, 0.25) is 0 Å². The van der Waals surface area contributed by atoms with Gasteiger partial charge in [0.1, 0.15) is 6.04 Å². The van der Waals surface area contributed by atoms with E-state index in [9.17, 15) is 4.79 Å². The molecule has 0 saturated carbocycles. The summed E-state index contributed by atoms with van der Waals surface area (Å²) in [6.07, 6.45) is 2.25. The lowest BCUT2D eigenvalue weighted by atomic mass is 10.1.